The van der Waals surface area contributed by atoms with Gasteiger partial charge in [0, 0.05) is 70.5 Å². The molecule has 2 aromatic rings. The van der Waals surface area contributed by atoms with Crippen molar-refractivity contribution in [3.05, 3.63) is 69.1 Å². The molecule has 3 saturated heterocycles. The maximum Gasteiger partial charge on any atom is 0.255 e. The molecule has 4 fully saturated rings. The fourth-order valence-corrected chi connectivity index (χ4v) is 7.76. The van der Waals surface area contributed by atoms with Crippen molar-refractivity contribution in [1.82, 2.24) is 24.6 Å². The van der Waals surface area contributed by atoms with Crippen LogP contribution in [0.2, 0.25) is 0 Å². The molecule has 230 valence electrons. The van der Waals surface area contributed by atoms with Crippen LogP contribution in [0, 0.1) is 37.5 Å². The van der Waals surface area contributed by atoms with E-state index in [0.717, 1.165) is 81.6 Å². The number of rotatable bonds is 8. The molecule has 2 unspecified atom stereocenters. The topological polar surface area (TPSA) is 95.0 Å². The number of nitrogens with zero attached hydrogens (tertiary/aromatic N) is 4. The zero-order valence-electron chi connectivity index (χ0n) is 25.8. The highest BCUT2D eigenvalue weighted by Gasteiger charge is 2.43. The number of benzene rings is 1. The molecule has 1 saturated carbocycles. The van der Waals surface area contributed by atoms with Crippen LogP contribution in [0.5, 0.6) is 0 Å². The van der Waals surface area contributed by atoms with Gasteiger partial charge in [-0.3, -0.25) is 19.2 Å². The van der Waals surface area contributed by atoms with Gasteiger partial charge in [-0.25, -0.2) is 0 Å². The quantitative estimate of drug-likeness (QED) is 0.513. The third-order valence-electron chi connectivity index (χ3n) is 10.5. The molecule has 0 radical (unpaired) electrons. The SMILES string of the molecule is Cc1cc(=O)n(C)c(C)c1C(=O)N1CC2CN(CCC(NC(=O)C3CN(C(=O)C4CCCC4)C3)c3ccccc3)C[C@H]2C1. The number of likely N-dealkylation sites (tertiary alicyclic amines) is 3. The summed E-state index contributed by atoms with van der Waals surface area (Å²) in [5, 5.41) is 3.32. The molecule has 9 nitrogen and oxygen atoms in total. The van der Waals surface area contributed by atoms with Gasteiger partial charge in [0.1, 0.15) is 0 Å². The zero-order valence-corrected chi connectivity index (χ0v) is 25.8. The van der Waals surface area contributed by atoms with Crippen molar-refractivity contribution in [3.63, 3.8) is 0 Å². The summed E-state index contributed by atoms with van der Waals surface area (Å²) < 4.78 is 1.55. The summed E-state index contributed by atoms with van der Waals surface area (Å²) in [6.07, 6.45) is 5.06. The Morgan fingerprint density at radius 3 is 2.19 bits per heavy atom. The minimum Gasteiger partial charge on any atom is -0.349 e. The number of fused-ring (bicyclic) bond motifs is 1. The molecule has 43 heavy (non-hydrogen) atoms. The average Bonchev–Trinajstić information content (AvgIpc) is 3.71. The van der Waals surface area contributed by atoms with Crippen LogP contribution in [0.3, 0.4) is 0 Å². The van der Waals surface area contributed by atoms with Crippen LogP contribution in [0.4, 0.5) is 0 Å². The molecule has 0 spiro atoms. The Labute approximate surface area is 254 Å². The number of aromatic nitrogens is 1. The molecule has 0 bridgehead atoms. The van der Waals surface area contributed by atoms with Gasteiger partial charge in [-0.05, 0) is 56.1 Å². The fourth-order valence-electron chi connectivity index (χ4n) is 7.76. The number of hydrogen-bond acceptors (Lipinski definition) is 5. The van der Waals surface area contributed by atoms with Gasteiger partial charge in [-0.15, -0.1) is 0 Å². The Morgan fingerprint density at radius 2 is 1.53 bits per heavy atom. The third kappa shape index (κ3) is 6.01. The molecule has 3 amide bonds. The van der Waals surface area contributed by atoms with Gasteiger partial charge in [-0.2, -0.15) is 0 Å². The van der Waals surface area contributed by atoms with E-state index in [2.05, 4.69) is 22.3 Å². The summed E-state index contributed by atoms with van der Waals surface area (Å²) in [4.78, 5) is 57.9. The fraction of sp³-hybridized carbons (Fsp3) is 0.588. The van der Waals surface area contributed by atoms with Gasteiger partial charge in [0.25, 0.3) is 11.5 Å². The second-order valence-corrected chi connectivity index (χ2v) is 13.4. The van der Waals surface area contributed by atoms with Crippen molar-refractivity contribution < 1.29 is 14.4 Å². The first-order valence-corrected chi connectivity index (χ1v) is 16.0. The van der Waals surface area contributed by atoms with Gasteiger partial charge < -0.3 is 24.6 Å². The summed E-state index contributed by atoms with van der Waals surface area (Å²) in [5.41, 5.74) is 3.13. The van der Waals surface area contributed by atoms with E-state index >= 15 is 0 Å². The Morgan fingerprint density at radius 1 is 0.884 bits per heavy atom. The summed E-state index contributed by atoms with van der Waals surface area (Å²) >= 11 is 0. The van der Waals surface area contributed by atoms with Crippen molar-refractivity contribution >= 4 is 17.7 Å². The lowest BCUT2D eigenvalue weighted by atomic mass is 9.94. The van der Waals surface area contributed by atoms with E-state index < -0.39 is 0 Å². The maximum atomic E-state index is 13.5. The molecule has 4 heterocycles. The van der Waals surface area contributed by atoms with E-state index in [1.807, 2.05) is 41.8 Å². The largest absolute Gasteiger partial charge is 0.349 e. The monoisotopic (exact) mass is 587 g/mol. The van der Waals surface area contributed by atoms with Crippen LogP contribution in [0.25, 0.3) is 0 Å². The molecule has 3 aliphatic heterocycles. The molecule has 1 aliphatic carbocycles. The van der Waals surface area contributed by atoms with Crippen molar-refractivity contribution in [2.24, 2.45) is 30.7 Å². The van der Waals surface area contributed by atoms with E-state index in [0.29, 0.717) is 30.5 Å². The highest BCUT2D eigenvalue weighted by Crippen LogP contribution is 2.34. The molecule has 4 aliphatic rings. The Balaban J connectivity index is 1.02. The zero-order chi connectivity index (χ0) is 30.2. The predicted molar refractivity (Wildman–Crippen MR) is 164 cm³/mol. The molecule has 1 aromatic carbocycles. The van der Waals surface area contributed by atoms with Crippen LogP contribution >= 0.6 is 0 Å². The first-order valence-electron chi connectivity index (χ1n) is 16.0. The maximum absolute atomic E-state index is 13.5. The van der Waals surface area contributed by atoms with Crippen molar-refractivity contribution in [1.29, 1.82) is 0 Å². The van der Waals surface area contributed by atoms with Gasteiger partial charge >= 0.3 is 0 Å². The molecular weight excluding hydrogens is 542 g/mol. The molecule has 9 heteroatoms. The summed E-state index contributed by atoms with van der Waals surface area (Å²) in [6, 6.07) is 11.6. The van der Waals surface area contributed by atoms with Crippen LogP contribution < -0.4 is 10.9 Å². The lowest BCUT2D eigenvalue weighted by Gasteiger charge is -2.40. The first-order chi connectivity index (χ1) is 20.7. The Hall–Kier alpha value is -3.46. The van der Waals surface area contributed by atoms with E-state index in [9.17, 15) is 19.2 Å². The van der Waals surface area contributed by atoms with E-state index in [1.165, 1.54) is 0 Å². The average molecular weight is 588 g/mol. The number of pyridine rings is 1. The first kappa shape index (κ1) is 29.6. The number of carbonyl (C=O) groups is 3. The second kappa shape index (κ2) is 12.3. The van der Waals surface area contributed by atoms with Crippen molar-refractivity contribution in [2.75, 3.05) is 45.8 Å². The summed E-state index contributed by atoms with van der Waals surface area (Å²) in [7, 11) is 1.72. The molecule has 1 aromatic heterocycles. The van der Waals surface area contributed by atoms with Crippen molar-refractivity contribution in [3.8, 4) is 0 Å². The normalized spacial score (nSPS) is 23.3. The van der Waals surface area contributed by atoms with Crippen molar-refractivity contribution in [2.45, 2.75) is 52.0 Å². The Bertz CT molecular complexity index is 1410. The van der Waals surface area contributed by atoms with Gasteiger partial charge in [0.2, 0.25) is 11.8 Å². The Kier molecular flexibility index (Phi) is 8.45. The number of amides is 3. The predicted octanol–water partition coefficient (Wildman–Crippen LogP) is 2.90. The minimum atomic E-state index is -0.134. The van der Waals surface area contributed by atoms with Gasteiger partial charge in [-0.1, -0.05) is 43.2 Å². The number of aryl methyl sites for hydroxylation is 1. The van der Waals surface area contributed by atoms with Crippen LogP contribution in [-0.4, -0.2) is 82.8 Å². The van der Waals surface area contributed by atoms with Crippen LogP contribution in [0.15, 0.2) is 41.2 Å². The lowest BCUT2D eigenvalue weighted by molar-refractivity contribution is -0.146. The van der Waals surface area contributed by atoms with Crippen LogP contribution in [0.1, 0.15) is 65.3 Å². The molecule has 3 atom stereocenters. The molecule has 1 N–H and O–H groups in total. The van der Waals surface area contributed by atoms with Crippen LogP contribution in [-0.2, 0) is 16.6 Å². The van der Waals surface area contributed by atoms with Gasteiger partial charge in [0.15, 0.2) is 0 Å². The molecule has 6 rings (SSSR count). The third-order valence-corrected chi connectivity index (χ3v) is 10.5. The minimum absolute atomic E-state index is 0.0258. The highest BCUT2D eigenvalue weighted by atomic mass is 16.2. The second-order valence-electron chi connectivity index (χ2n) is 13.4. The summed E-state index contributed by atoms with van der Waals surface area (Å²) in [6.45, 7) is 8.98. The lowest BCUT2D eigenvalue weighted by Crippen LogP contribution is -2.57. The van der Waals surface area contributed by atoms with E-state index in [-0.39, 0.29) is 41.2 Å². The highest BCUT2D eigenvalue weighted by molar-refractivity contribution is 5.97. The standard InChI is InChI=1S/C34H45N5O4/c1-22-15-30(40)36(3)23(2)31(22)34(43)39-18-26-16-37(17-27(26)19-39)14-13-29(24-9-5-4-6-10-24)35-32(41)28-20-38(21-28)33(42)25-11-7-8-12-25/h4-6,9-10,15,25-29H,7-8,11-14,16-21H2,1-3H3,(H,35,41)/t26-,27?,29?/m0/s1. The number of carbonyl (C=O) groups excluding carboxylic acids is 3. The number of nitrogens with one attached hydrogen (secondary N) is 1. The smallest absolute Gasteiger partial charge is 0.255 e. The van der Waals surface area contributed by atoms with Gasteiger partial charge in [0.05, 0.1) is 17.5 Å². The number of hydrogen-bond donors (Lipinski definition) is 1. The summed E-state index contributed by atoms with van der Waals surface area (Å²) in [5.74, 6) is 1.19. The molecular formula is C34H45N5O4. The van der Waals surface area contributed by atoms with E-state index in [4.69, 9.17) is 0 Å². The van der Waals surface area contributed by atoms with E-state index in [1.54, 1.807) is 17.7 Å².